The fourth-order valence-electron chi connectivity index (χ4n) is 6.98. The first kappa shape index (κ1) is 61.7. The highest BCUT2D eigenvalue weighted by Gasteiger charge is 2.35. The molecule has 0 aliphatic carbocycles. The molecule has 0 spiro atoms. The minimum absolute atomic E-state index is 0.0321. The van der Waals surface area contributed by atoms with E-state index in [1.807, 2.05) is 6.26 Å². The molecule has 0 aromatic rings. The number of nitrogens with zero attached hydrogens (tertiary/aromatic N) is 1. The molecule has 20 heteroatoms. The monoisotopic (exact) mass is 956 g/mol. The van der Waals surface area contributed by atoms with E-state index in [1.54, 1.807) is 13.8 Å². The van der Waals surface area contributed by atoms with Crippen molar-refractivity contribution in [2.24, 2.45) is 27.3 Å². The number of carboxylic acids is 1. The molecule has 0 bridgehead atoms. The number of aliphatic hydroxyl groups excluding tert-OH is 1. The number of amides is 5. The van der Waals surface area contributed by atoms with Crippen LogP contribution in [0.2, 0.25) is 0 Å². The van der Waals surface area contributed by atoms with E-state index in [9.17, 15) is 48.6 Å². The molecule has 19 nitrogen and oxygen atoms in total. The van der Waals surface area contributed by atoms with Gasteiger partial charge in [-0.05, 0) is 94.6 Å². The summed E-state index contributed by atoms with van der Waals surface area (Å²) in [6.07, 6.45) is 8.25. The molecular formula is C46H85N9O10S. The van der Waals surface area contributed by atoms with Crippen LogP contribution in [-0.2, 0) is 38.4 Å². The molecule has 0 saturated carbocycles. The number of carbonyl (C=O) groups excluding carboxylic acids is 7. The van der Waals surface area contributed by atoms with Gasteiger partial charge in [0.15, 0.2) is 5.96 Å². The zero-order chi connectivity index (χ0) is 50.6. The minimum atomic E-state index is -1.49. The lowest BCUT2D eigenvalue weighted by atomic mass is 9.82. The van der Waals surface area contributed by atoms with Crippen LogP contribution < -0.4 is 43.4 Å². The fourth-order valence-corrected chi connectivity index (χ4v) is 7.45. The first-order valence-electron chi connectivity index (χ1n) is 23.4. The Morgan fingerprint density at radius 1 is 0.803 bits per heavy atom. The third kappa shape index (κ3) is 28.7. The van der Waals surface area contributed by atoms with Crippen LogP contribution in [0.25, 0.3) is 0 Å². The number of thioether (sulfide) groups is 1. The number of guanidine groups is 1. The third-order valence-corrected chi connectivity index (χ3v) is 11.6. The topological polar surface area (TPSA) is 314 Å². The zero-order valence-corrected chi connectivity index (χ0v) is 42.3. The molecule has 0 radical (unpaired) electrons. The predicted molar refractivity (Wildman–Crippen MR) is 259 cm³/mol. The number of nitrogens with two attached hydrogens (primary N) is 2. The number of aliphatic hydroxyl groups is 1. The van der Waals surface area contributed by atoms with Crippen molar-refractivity contribution in [3.05, 3.63) is 0 Å². The van der Waals surface area contributed by atoms with Crippen LogP contribution in [0.3, 0.4) is 0 Å². The summed E-state index contributed by atoms with van der Waals surface area (Å²) in [7, 11) is 0. The van der Waals surface area contributed by atoms with Gasteiger partial charge in [0.05, 0.1) is 18.2 Å². The van der Waals surface area contributed by atoms with Gasteiger partial charge in [0.25, 0.3) is 0 Å². The first-order chi connectivity index (χ1) is 30.7. The summed E-state index contributed by atoms with van der Waals surface area (Å²) in [6, 6.07) is -5.94. The smallest absolute Gasteiger partial charge is 0.303 e. The van der Waals surface area contributed by atoms with Gasteiger partial charge in [-0.3, -0.25) is 43.3 Å². The van der Waals surface area contributed by atoms with E-state index in [-0.39, 0.29) is 55.9 Å². The van der Waals surface area contributed by atoms with Gasteiger partial charge >= 0.3 is 5.97 Å². The summed E-state index contributed by atoms with van der Waals surface area (Å²) >= 11 is 1.41. The van der Waals surface area contributed by atoms with Crippen LogP contribution >= 0.6 is 11.8 Å². The molecule has 3 unspecified atom stereocenters. The number of ketones is 2. The number of Topliss-reactive ketones (excluding diaryl/α,β-unsaturated/α-hetero) is 2. The molecule has 7 atom stereocenters. The third-order valence-electron chi connectivity index (χ3n) is 10.9. The van der Waals surface area contributed by atoms with Crippen LogP contribution in [0.5, 0.6) is 0 Å². The maximum Gasteiger partial charge on any atom is 0.303 e. The second-order valence-corrected chi connectivity index (χ2v) is 20.5. The Balaban J connectivity index is 0.00000209. The van der Waals surface area contributed by atoms with Crippen LogP contribution in [0.1, 0.15) is 159 Å². The van der Waals surface area contributed by atoms with Gasteiger partial charge in [-0.25, -0.2) is 0 Å². The second-order valence-electron chi connectivity index (χ2n) is 19.5. The number of carbonyl (C=O) groups is 8. The summed E-state index contributed by atoms with van der Waals surface area (Å²) in [5, 5.41) is 35.7. The number of aliphatic imine (C=N–C) groups is 1. The molecule has 12 N–H and O–H groups in total. The van der Waals surface area contributed by atoms with Crippen LogP contribution in [0.15, 0.2) is 4.99 Å². The molecule has 0 aromatic carbocycles. The fraction of sp³-hybridized carbons (Fsp3) is 0.804. The average molecular weight is 956 g/mol. The Bertz CT molecular complexity index is 1580. The number of unbranched alkanes of at least 4 members (excludes halogenated alkanes) is 1. The number of nitrogens with one attached hydrogen (secondary N) is 6. The molecule has 1 saturated heterocycles. The van der Waals surface area contributed by atoms with Crippen molar-refractivity contribution >= 4 is 64.8 Å². The van der Waals surface area contributed by atoms with E-state index < -0.39 is 83.9 Å². The Morgan fingerprint density at radius 2 is 1.38 bits per heavy atom. The second kappa shape index (κ2) is 32.4. The lowest BCUT2D eigenvalue weighted by molar-refractivity contribution is -0.140. The molecule has 1 rings (SSSR count). The molecule has 1 aliphatic rings. The van der Waals surface area contributed by atoms with Crippen molar-refractivity contribution in [2.75, 3.05) is 25.1 Å². The van der Waals surface area contributed by atoms with Crippen LogP contribution in [0, 0.1) is 10.8 Å². The summed E-state index contributed by atoms with van der Waals surface area (Å²) in [5.41, 5.74) is 11.4. The number of hydrogen-bond acceptors (Lipinski definition) is 12. The van der Waals surface area contributed by atoms with Crippen LogP contribution in [0.4, 0.5) is 0 Å². The highest BCUT2D eigenvalue weighted by molar-refractivity contribution is 7.98. The Kier molecular flexibility index (Phi) is 30.3. The molecule has 380 valence electrons. The number of rotatable bonds is 16. The summed E-state index contributed by atoms with van der Waals surface area (Å²) in [6.45, 7) is 18.4. The molecular weight excluding hydrogens is 871 g/mol. The molecule has 5 amide bonds. The summed E-state index contributed by atoms with van der Waals surface area (Å²) in [4.78, 5) is 106. The number of hydrogen-bond donors (Lipinski definition) is 10. The van der Waals surface area contributed by atoms with Crippen molar-refractivity contribution in [3.8, 4) is 0 Å². The number of aliphatic carboxylic acids is 1. The minimum Gasteiger partial charge on any atom is -0.481 e. The van der Waals surface area contributed by atoms with Gasteiger partial charge in [0.2, 0.25) is 41.1 Å². The summed E-state index contributed by atoms with van der Waals surface area (Å²) in [5.74, 6) is -5.54. The maximum atomic E-state index is 13.6. The maximum absolute atomic E-state index is 13.6. The Morgan fingerprint density at radius 3 is 1.92 bits per heavy atom. The van der Waals surface area contributed by atoms with Gasteiger partial charge in [-0.15, -0.1) is 0 Å². The van der Waals surface area contributed by atoms with Gasteiger partial charge < -0.3 is 53.6 Å². The SMILES string of the molecule is CC(=O)N[C@@H](CCCCC(C)(C)C)C(C)(C)C.CSCCC1NC(=O)[C@H](CCCN=C(N)N)NC(=O)C(CCC(=O)O)NC(=O)[C@H]([C@@H](C)O)NC(=O)CCCCCCCNC(C)C(=O)C1=O. The highest BCUT2D eigenvalue weighted by atomic mass is 32.2. The normalized spacial score (nSPS) is 22.5. The van der Waals surface area contributed by atoms with Gasteiger partial charge in [-0.1, -0.05) is 73.6 Å². The van der Waals surface area contributed by atoms with Crippen LogP contribution in [-0.4, -0.2) is 131 Å². The van der Waals surface area contributed by atoms with E-state index in [2.05, 4.69) is 78.4 Å². The average Bonchev–Trinajstić information content (AvgIpc) is 3.20. The molecule has 0 aromatic heterocycles. The Labute approximate surface area is 397 Å². The van der Waals surface area contributed by atoms with Gasteiger partial charge in [-0.2, -0.15) is 11.8 Å². The van der Waals surface area contributed by atoms with Gasteiger partial charge in [0.1, 0.15) is 18.1 Å². The zero-order valence-electron chi connectivity index (χ0n) is 41.4. The van der Waals surface area contributed by atoms with E-state index in [4.69, 9.17) is 11.5 Å². The van der Waals surface area contributed by atoms with Crippen molar-refractivity contribution in [1.82, 2.24) is 31.9 Å². The van der Waals surface area contributed by atoms with E-state index in [1.165, 1.54) is 37.9 Å². The van der Waals surface area contributed by atoms with Crippen molar-refractivity contribution < 1.29 is 48.6 Å². The first-order valence-corrected chi connectivity index (χ1v) is 24.8. The van der Waals surface area contributed by atoms with E-state index in [0.717, 1.165) is 25.7 Å². The molecule has 1 heterocycles. The lowest BCUT2D eigenvalue weighted by Crippen LogP contribution is -2.59. The number of carboxylic acid groups (broad SMARTS) is 1. The lowest BCUT2D eigenvalue weighted by Gasteiger charge is -2.31. The molecule has 1 aliphatic heterocycles. The largest absolute Gasteiger partial charge is 0.481 e. The van der Waals surface area contributed by atoms with Gasteiger partial charge in [0, 0.05) is 32.4 Å². The predicted octanol–water partition coefficient (Wildman–Crippen LogP) is 2.59. The Hall–Kier alpha value is -4.30. The summed E-state index contributed by atoms with van der Waals surface area (Å²) < 4.78 is 0. The van der Waals surface area contributed by atoms with E-state index in [0.29, 0.717) is 36.6 Å². The van der Waals surface area contributed by atoms with Crippen molar-refractivity contribution in [2.45, 2.75) is 201 Å². The molecule has 66 heavy (non-hydrogen) atoms. The van der Waals surface area contributed by atoms with Crippen molar-refractivity contribution in [3.63, 3.8) is 0 Å². The van der Waals surface area contributed by atoms with E-state index >= 15 is 0 Å². The quantitative estimate of drug-likeness (QED) is 0.0461. The highest BCUT2D eigenvalue weighted by Crippen LogP contribution is 2.26. The molecule has 1 fully saturated rings. The van der Waals surface area contributed by atoms with Crippen molar-refractivity contribution in [1.29, 1.82) is 0 Å². The standard InChI is InChI=1S/C31H54N8O9S.C15H31NO/c1-18-26(44)27(45)20(14-17-49-3)36-28(46)21(10-9-16-35-31(32)33)37-29(47)22(12-13-24(42)43)38-30(48)25(19(2)40)39-23(41)11-7-5-4-6-8-15-34-18;1-12(17)16-13(15(5,6)7)10-8-9-11-14(2,3)4/h18-22,25,34,40H,4-17H2,1-3H3,(H,36,46)(H,37,47)(H,38,48)(H,39,41)(H,42,43)(H4,32,33,35);13H,8-11H2,1-7H3,(H,16,17)/t18?,19-,20?,21+,22?,25+;13-/m10/s1.